The number of nitrogens with one attached hydrogen (secondary N) is 1. The van der Waals surface area contributed by atoms with E-state index in [1.807, 2.05) is 24.3 Å². The van der Waals surface area contributed by atoms with Gasteiger partial charge in [-0.05, 0) is 54.8 Å². The van der Waals surface area contributed by atoms with Crippen molar-refractivity contribution in [1.29, 1.82) is 0 Å². The highest BCUT2D eigenvalue weighted by Crippen LogP contribution is 2.38. The molecule has 3 aromatic carbocycles. The van der Waals surface area contributed by atoms with E-state index in [-0.39, 0.29) is 11.7 Å². The summed E-state index contributed by atoms with van der Waals surface area (Å²) < 4.78 is 34.5. The monoisotopic (exact) mass is 513 g/mol. The van der Waals surface area contributed by atoms with Gasteiger partial charge >= 0.3 is 0 Å². The van der Waals surface area contributed by atoms with Crippen molar-refractivity contribution >= 4 is 17.0 Å². The van der Waals surface area contributed by atoms with Crippen LogP contribution < -0.4 is 23.7 Å². The highest BCUT2D eigenvalue weighted by molar-refractivity contribution is 7.80. The molecule has 9 heteroatoms. The van der Waals surface area contributed by atoms with Gasteiger partial charge in [0.15, 0.2) is 23.0 Å². The van der Waals surface area contributed by atoms with E-state index >= 15 is 0 Å². The molecule has 36 heavy (non-hydrogen) atoms. The third-order valence-corrected chi connectivity index (χ3v) is 6.73. The second-order valence-corrected chi connectivity index (χ2v) is 9.01. The first-order chi connectivity index (χ1) is 17.4. The van der Waals surface area contributed by atoms with Crippen LogP contribution in [0.1, 0.15) is 29.5 Å². The summed E-state index contributed by atoms with van der Waals surface area (Å²) in [6.07, 6.45) is 0.596. The quantitative estimate of drug-likeness (QED) is 0.380. The molecule has 192 valence electrons. The number of aliphatic hydroxyl groups is 1. The van der Waals surface area contributed by atoms with Crippen molar-refractivity contribution in [3.8, 4) is 23.0 Å². The van der Waals surface area contributed by atoms with Crippen molar-refractivity contribution in [3.05, 3.63) is 77.4 Å². The van der Waals surface area contributed by atoms with E-state index in [2.05, 4.69) is 5.32 Å². The maximum Gasteiger partial charge on any atom is 0.240 e. The van der Waals surface area contributed by atoms with Gasteiger partial charge in [0, 0.05) is 12.1 Å². The van der Waals surface area contributed by atoms with Gasteiger partial charge in [-0.15, -0.1) is 0 Å². The molecule has 1 amide bonds. The second-order valence-electron chi connectivity index (χ2n) is 7.91. The summed E-state index contributed by atoms with van der Waals surface area (Å²) in [7, 11) is 4.61. The van der Waals surface area contributed by atoms with Crippen LogP contribution in [0.2, 0.25) is 0 Å². The number of hydrogen-bond acceptors (Lipinski definition) is 7. The Labute approximate surface area is 213 Å². The Morgan fingerprint density at radius 3 is 2.25 bits per heavy atom. The molecule has 2 unspecified atom stereocenters. The summed E-state index contributed by atoms with van der Waals surface area (Å²) in [5.41, 5.74) is 1.89. The average Bonchev–Trinajstić information content (AvgIpc) is 2.92. The van der Waals surface area contributed by atoms with Crippen LogP contribution in [-0.2, 0) is 28.9 Å². The number of aliphatic hydroxyl groups excluding tert-OH is 1. The normalized spacial score (nSPS) is 12.4. The smallest absolute Gasteiger partial charge is 0.240 e. The molecule has 8 nitrogen and oxygen atoms in total. The van der Waals surface area contributed by atoms with Crippen molar-refractivity contribution in [2.75, 3.05) is 27.9 Å². The lowest BCUT2D eigenvalue weighted by molar-refractivity contribution is -0.122. The van der Waals surface area contributed by atoms with Gasteiger partial charge in [-0.1, -0.05) is 30.3 Å². The molecular weight excluding hydrogens is 482 g/mol. The van der Waals surface area contributed by atoms with Crippen molar-refractivity contribution in [3.63, 3.8) is 0 Å². The molecule has 0 fully saturated rings. The van der Waals surface area contributed by atoms with Gasteiger partial charge < -0.3 is 28.8 Å². The predicted octanol–water partition coefficient (Wildman–Crippen LogP) is 3.77. The van der Waals surface area contributed by atoms with E-state index in [9.17, 15) is 14.1 Å². The van der Waals surface area contributed by atoms with E-state index in [0.29, 0.717) is 46.2 Å². The van der Waals surface area contributed by atoms with Gasteiger partial charge in [0.1, 0.15) is 0 Å². The lowest BCUT2D eigenvalue weighted by Crippen LogP contribution is -2.30. The summed E-state index contributed by atoms with van der Waals surface area (Å²) in [5, 5.41) is 13.1. The lowest BCUT2D eigenvalue weighted by atomic mass is 9.94. The van der Waals surface area contributed by atoms with Crippen LogP contribution in [0.25, 0.3) is 0 Å². The van der Waals surface area contributed by atoms with Gasteiger partial charge in [-0.2, -0.15) is 0 Å². The summed E-state index contributed by atoms with van der Waals surface area (Å²) in [6.45, 7) is 1.73. The molecule has 2 atom stereocenters. The third-order valence-electron chi connectivity index (χ3n) is 5.75. The molecule has 3 rings (SSSR count). The molecule has 0 aromatic heterocycles. The van der Waals surface area contributed by atoms with Crippen LogP contribution in [0.3, 0.4) is 0 Å². The molecule has 0 spiro atoms. The number of carbonyl (C=O) groups is 1. The molecule has 0 aliphatic carbocycles. The Hall–Kier alpha value is -3.56. The van der Waals surface area contributed by atoms with Crippen LogP contribution in [0, 0.1) is 0 Å². The van der Waals surface area contributed by atoms with Crippen LogP contribution in [-0.4, -0.2) is 43.1 Å². The maximum atomic E-state index is 13.0. The van der Waals surface area contributed by atoms with Crippen LogP contribution >= 0.6 is 0 Å². The van der Waals surface area contributed by atoms with E-state index in [1.165, 1.54) is 7.11 Å². The highest BCUT2D eigenvalue weighted by atomic mass is 32.2. The maximum absolute atomic E-state index is 13.0. The summed E-state index contributed by atoms with van der Waals surface area (Å²) >= 11 is -1.83. The molecule has 0 saturated carbocycles. The van der Waals surface area contributed by atoms with Gasteiger partial charge in [-0.3, -0.25) is 4.79 Å². The average molecular weight is 514 g/mol. The molecule has 0 aliphatic heterocycles. The Kier molecular flexibility index (Phi) is 9.72. The topological polar surface area (TPSA) is 103 Å². The molecule has 0 aliphatic rings. The molecule has 0 heterocycles. The third kappa shape index (κ3) is 6.35. The van der Waals surface area contributed by atoms with E-state index in [0.717, 1.165) is 5.56 Å². The molecule has 0 saturated heterocycles. The first-order valence-corrected chi connectivity index (χ1v) is 12.4. The zero-order chi connectivity index (χ0) is 26.1. The molecule has 0 radical (unpaired) electrons. The minimum absolute atomic E-state index is 0.143. The Morgan fingerprint density at radius 2 is 1.61 bits per heavy atom. The van der Waals surface area contributed by atoms with E-state index in [1.54, 1.807) is 57.5 Å². The molecular formula is C27H31NO7S. The number of rotatable bonds is 12. The number of amides is 1. The SMILES string of the molecule is COc1ccc(CCNC(=O)C(C)c2ccc(OC)c(OS(=O)c3ccccc3)c2CO)cc1OC. The van der Waals surface area contributed by atoms with Crippen LogP contribution in [0.5, 0.6) is 23.0 Å². The fraction of sp³-hybridized carbons (Fsp3) is 0.296. The number of hydrogen-bond donors (Lipinski definition) is 2. The number of carbonyl (C=O) groups excluding carboxylic acids is 1. The predicted molar refractivity (Wildman–Crippen MR) is 137 cm³/mol. The minimum atomic E-state index is -1.83. The summed E-state index contributed by atoms with van der Waals surface area (Å²) in [5.74, 6) is 0.904. The zero-order valence-electron chi connectivity index (χ0n) is 20.8. The Morgan fingerprint density at radius 1 is 0.944 bits per heavy atom. The first-order valence-electron chi connectivity index (χ1n) is 11.4. The molecule has 2 N–H and O–H groups in total. The standard InChI is InChI=1S/C27H31NO7S/c1-18(27(30)28-15-14-19-10-12-23(32-2)25(16-19)34-4)21-11-13-24(33-3)26(22(21)17-29)35-36(31)20-8-6-5-7-9-20/h5-13,16,18,29H,14-15,17H2,1-4H3,(H,28,30). The second kappa shape index (κ2) is 12.9. The van der Waals surface area contributed by atoms with Crippen molar-refractivity contribution < 1.29 is 32.5 Å². The number of ether oxygens (including phenoxy) is 3. The van der Waals surface area contributed by atoms with Gasteiger partial charge in [0.05, 0.1) is 38.7 Å². The minimum Gasteiger partial charge on any atom is -0.493 e. The zero-order valence-corrected chi connectivity index (χ0v) is 21.6. The summed E-state index contributed by atoms with van der Waals surface area (Å²) in [6, 6.07) is 17.6. The van der Waals surface area contributed by atoms with Gasteiger partial charge in [-0.25, -0.2) is 4.21 Å². The number of methoxy groups -OCH3 is 3. The Bertz CT molecular complexity index is 1200. The van der Waals surface area contributed by atoms with E-state index < -0.39 is 23.6 Å². The van der Waals surface area contributed by atoms with Gasteiger partial charge in [0.2, 0.25) is 17.0 Å². The fourth-order valence-electron chi connectivity index (χ4n) is 3.76. The number of benzene rings is 3. The van der Waals surface area contributed by atoms with Crippen LogP contribution in [0.15, 0.2) is 65.6 Å². The first kappa shape index (κ1) is 27.0. The summed E-state index contributed by atoms with van der Waals surface area (Å²) in [4.78, 5) is 13.4. The van der Waals surface area contributed by atoms with Crippen molar-refractivity contribution in [2.24, 2.45) is 0 Å². The van der Waals surface area contributed by atoms with Crippen LogP contribution in [0.4, 0.5) is 0 Å². The fourth-order valence-corrected chi connectivity index (χ4v) is 4.57. The van der Waals surface area contributed by atoms with Crippen molar-refractivity contribution in [1.82, 2.24) is 5.32 Å². The van der Waals surface area contributed by atoms with E-state index in [4.69, 9.17) is 18.4 Å². The lowest BCUT2D eigenvalue weighted by Gasteiger charge is -2.20. The molecule has 0 bridgehead atoms. The highest BCUT2D eigenvalue weighted by Gasteiger charge is 2.24. The van der Waals surface area contributed by atoms with Crippen molar-refractivity contribution in [2.45, 2.75) is 30.8 Å². The molecule has 3 aromatic rings. The van der Waals surface area contributed by atoms with Gasteiger partial charge in [0.25, 0.3) is 0 Å². The Balaban J connectivity index is 1.74. The largest absolute Gasteiger partial charge is 0.493 e.